The van der Waals surface area contributed by atoms with Crippen LogP contribution in [0.3, 0.4) is 0 Å². The first-order valence-electron chi connectivity index (χ1n) is 5.27. The molecule has 6 heteroatoms. The number of ketones is 1. The number of benzene rings is 1. The predicted octanol–water partition coefficient (Wildman–Crippen LogP) is 4.82. The zero-order chi connectivity index (χ0) is 14.2. The highest BCUT2D eigenvalue weighted by Crippen LogP contribution is 2.39. The third-order valence-electron chi connectivity index (χ3n) is 2.51. The van der Waals surface area contributed by atoms with Crippen LogP contribution in [0.1, 0.15) is 23.0 Å². The van der Waals surface area contributed by atoms with Crippen molar-refractivity contribution in [2.45, 2.75) is 13.1 Å². The van der Waals surface area contributed by atoms with Gasteiger partial charge in [-0.05, 0) is 30.3 Å². The molecular weight excluding hydrogens is 281 g/mol. The summed E-state index contributed by atoms with van der Waals surface area (Å²) in [5.41, 5.74) is -1.05. The molecule has 1 heterocycles. The van der Waals surface area contributed by atoms with Gasteiger partial charge in [0.15, 0.2) is 11.5 Å². The third-order valence-corrected chi connectivity index (χ3v) is 2.74. The lowest BCUT2D eigenvalue weighted by atomic mass is 10.1. The first-order chi connectivity index (χ1) is 8.79. The van der Waals surface area contributed by atoms with Crippen LogP contribution in [0.15, 0.2) is 34.7 Å². The lowest BCUT2D eigenvalue weighted by molar-refractivity contribution is -0.137. The maximum absolute atomic E-state index is 12.9. The minimum Gasteiger partial charge on any atom is -0.453 e. The normalized spacial score (nSPS) is 11.6. The quantitative estimate of drug-likeness (QED) is 0.742. The summed E-state index contributed by atoms with van der Waals surface area (Å²) in [5.74, 6) is -0.360. The topological polar surface area (TPSA) is 30.2 Å². The molecule has 0 spiro atoms. The van der Waals surface area contributed by atoms with Crippen LogP contribution in [-0.4, -0.2) is 5.78 Å². The molecule has 0 amide bonds. The van der Waals surface area contributed by atoms with Gasteiger partial charge in [0, 0.05) is 17.5 Å². The molecule has 0 atom stereocenters. The van der Waals surface area contributed by atoms with Crippen molar-refractivity contribution in [3.8, 4) is 11.3 Å². The number of Topliss-reactive ketones (excluding diaryl/α,β-unsaturated/α-hetero) is 1. The summed E-state index contributed by atoms with van der Waals surface area (Å²) in [7, 11) is 0. The predicted molar refractivity (Wildman–Crippen MR) is 64.2 cm³/mol. The molecular formula is C13H8ClF3O2. The maximum Gasteiger partial charge on any atom is 0.417 e. The summed E-state index contributed by atoms with van der Waals surface area (Å²) >= 11 is 5.58. The van der Waals surface area contributed by atoms with Crippen molar-refractivity contribution in [2.24, 2.45) is 0 Å². The molecule has 2 rings (SSSR count). The fraction of sp³-hybridized carbons (Fsp3) is 0.154. The number of carbonyl (C=O) groups excluding carboxylic acids is 1. The Balaban J connectivity index is 2.58. The second-order valence-electron chi connectivity index (χ2n) is 3.91. The van der Waals surface area contributed by atoms with Gasteiger partial charge in [-0.2, -0.15) is 13.2 Å². The Morgan fingerprint density at radius 1 is 1.21 bits per heavy atom. The van der Waals surface area contributed by atoms with E-state index in [0.29, 0.717) is 0 Å². The Morgan fingerprint density at radius 2 is 1.89 bits per heavy atom. The Morgan fingerprint density at radius 3 is 2.42 bits per heavy atom. The molecule has 1 aromatic carbocycles. The highest BCUT2D eigenvalue weighted by Gasteiger charge is 2.34. The molecule has 0 N–H and O–H groups in total. The van der Waals surface area contributed by atoms with Crippen molar-refractivity contribution in [3.05, 3.63) is 46.7 Å². The van der Waals surface area contributed by atoms with Gasteiger partial charge in [-0.15, -0.1) is 0 Å². The van der Waals surface area contributed by atoms with Crippen LogP contribution in [0.25, 0.3) is 11.3 Å². The van der Waals surface area contributed by atoms with E-state index in [2.05, 4.69) is 0 Å². The fourth-order valence-corrected chi connectivity index (χ4v) is 1.81. The van der Waals surface area contributed by atoms with E-state index < -0.39 is 11.7 Å². The second kappa shape index (κ2) is 4.74. The Labute approximate surface area is 111 Å². The van der Waals surface area contributed by atoms with E-state index in [1.165, 1.54) is 31.2 Å². The smallest absolute Gasteiger partial charge is 0.417 e. The van der Waals surface area contributed by atoms with Gasteiger partial charge in [0.05, 0.1) is 5.56 Å². The number of hydrogen-bond acceptors (Lipinski definition) is 2. The van der Waals surface area contributed by atoms with Gasteiger partial charge >= 0.3 is 6.18 Å². The van der Waals surface area contributed by atoms with Crippen LogP contribution in [0.4, 0.5) is 13.2 Å². The first kappa shape index (κ1) is 13.7. The maximum atomic E-state index is 12.9. The van der Waals surface area contributed by atoms with Gasteiger partial charge in [0.25, 0.3) is 0 Å². The summed E-state index contributed by atoms with van der Waals surface area (Å²) in [4.78, 5) is 11.1. The zero-order valence-corrected chi connectivity index (χ0v) is 10.5. The number of rotatable bonds is 2. The molecule has 0 fully saturated rings. The van der Waals surface area contributed by atoms with E-state index >= 15 is 0 Å². The summed E-state index contributed by atoms with van der Waals surface area (Å²) in [6, 6.07) is 6.05. The van der Waals surface area contributed by atoms with Crippen molar-refractivity contribution in [2.75, 3.05) is 0 Å². The Hall–Kier alpha value is -1.75. The van der Waals surface area contributed by atoms with E-state index in [-0.39, 0.29) is 27.9 Å². The van der Waals surface area contributed by atoms with E-state index in [0.717, 1.165) is 6.07 Å². The fourth-order valence-electron chi connectivity index (χ4n) is 1.64. The van der Waals surface area contributed by atoms with Gasteiger partial charge in [-0.3, -0.25) is 4.79 Å². The Kier molecular flexibility index (Phi) is 3.41. The number of carbonyl (C=O) groups is 1. The minimum atomic E-state index is -4.55. The average molecular weight is 289 g/mol. The molecule has 2 nitrogen and oxygen atoms in total. The van der Waals surface area contributed by atoms with Crippen LogP contribution in [0.5, 0.6) is 0 Å². The lowest BCUT2D eigenvalue weighted by Crippen LogP contribution is -2.06. The highest BCUT2D eigenvalue weighted by molar-refractivity contribution is 6.30. The molecule has 0 unspecified atom stereocenters. The van der Waals surface area contributed by atoms with Gasteiger partial charge in [-0.25, -0.2) is 0 Å². The first-order valence-corrected chi connectivity index (χ1v) is 5.64. The van der Waals surface area contributed by atoms with Crippen LogP contribution in [0, 0.1) is 0 Å². The lowest BCUT2D eigenvalue weighted by Gasteiger charge is -2.11. The summed E-state index contributed by atoms with van der Waals surface area (Å²) in [6.45, 7) is 1.27. The van der Waals surface area contributed by atoms with Crippen molar-refractivity contribution >= 4 is 17.4 Å². The standard InChI is InChI=1S/C13H8ClF3O2/c1-7(18)11-4-5-12(19-11)9-3-2-8(14)6-10(9)13(15,16)17/h2-6H,1H3. The molecule has 100 valence electrons. The number of hydrogen-bond donors (Lipinski definition) is 0. The van der Waals surface area contributed by atoms with Crippen LogP contribution in [-0.2, 0) is 6.18 Å². The second-order valence-corrected chi connectivity index (χ2v) is 4.34. The van der Waals surface area contributed by atoms with Crippen LogP contribution < -0.4 is 0 Å². The number of halogens is 4. The summed E-state index contributed by atoms with van der Waals surface area (Å²) < 4.78 is 43.9. The van der Waals surface area contributed by atoms with Gasteiger partial charge in [0.1, 0.15) is 5.76 Å². The SMILES string of the molecule is CC(=O)c1ccc(-c2ccc(Cl)cc2C(F)(F)F)o1. The molecule has 0 bridgehead atoms. The minimum absolute atomic E-state index is 0.0121. The summed E-state index contributed by atoms with van der Waals surface area (Å²) in [6.07, 6.45) is -4.55. The van der Waals surface area contributed by atoms with E-state index in [1.807, 2.05) is 0 Å². The van der Waals surface area contributed by atoms with Crippen molar-refractivity contribution in [1.29, 1.82) is 0 Å². The van der Waals surface area contributed by atoms with E-state index in [9.17, 15) is 18.0 Å². The Bertz CT molecular complexity index is 629. The van der Waals surface area contributed by atoms with E-state index in [1.54, 1.807) is 0 Å². The average Bonchev–Trinajstić information content (AvgIpc) is 2.77. The van der Waals surface area contributed by atoms with Gasteiger partial charge < -0.3 is 4.42 Å². The van der Waals surface area contributed by atoms with Gasteiger partial charge in [-0.1, -0.05) is 11.6 Å². The third kappa shape index (κ3) is 2.81. The van der Waals surface area contributed by atoms with E-state index in [4.69, 9.17) is 16.0 Å². The summed E-state index contributed by atoms with van der Waals surface area (Å²) in [5, 5.41) is -0.0191. The molecule has 0 saturated heterocycles. The molecule has 0 saturated carbocycles. The molecule has 19 heavy (non-hydrogen) atoms. The monoisotopic (exact) mass is 288 g/mol. The molecule has 0 aliphatic rings. The van der Waals surface area contributed by atoms with Crippen LogP contribution >= 0.6 is 11.6 Å². The largest absolute Gasteiger partial charge is 0.453 e. The van der Waals surface area contributed by atoms with Crippen molar-refractivity contribution < 1.29 is 22.4 Å². The molecule has 0 aliphatic carbocycles. The zero-order valence-electron chi connectivity index (χ0n) is 9.72. The molecule has 2 aromatic rings. The number of furan rings is 1. The van der Waals surface area contributed by atoms with Crippen molar-refractivity contribution in [1.82, 2.24) is 0 Å². The van der Waals surface area contributed by atoms with Crippen LogP contribution in [0.2, 0.25) is 5.02 Å². The molecule has 0 aliphatic heterocycles. The van der Waals surface area contributed by atoms with Gasteiger partial charge in [0.2, 0.25) is 0 Å². The highest BCUT2D eigenvalue weighted by atomic mass is 35.5. The molecule has 0 radical (unpaired) electrons. The molecule has 1 aromatic heterocycles. The van der Waals surface area contributed by atoms with Crippen molar-refractivity contribution in [3.63, 3.8) is 0 Å². The number of alkyl halides is 3.